The fraction of sp³-hybridized carbons (Fsp3) is 0.280. The lowest BCUT2D eigenvalue weighted by Crippen LogP contribution is -2.37. The molecule has 1 aliphatic heterocycles. The second-order valence-electron chi connectivity index (χ2n) is 7.76. The van der Waals surface area contributed by atoms with Crippen LogP contribution in [0.15, 0.2) is 48.9 Å². The monoisotopic (exact) mass is 528 g/mol. The highest BCUT2D eigenvalue weighted by molar-refractivity contribution is 7.22. The molecule has 3 aromatic heterocycles. The number of hydrogen-bond donors (Lipinski definition) is 2. The molecule has 1 aromatic carbocycles. The zero-order valence-electron chi connectivity index (χ0n) is 19.9. The summed E-state index contributed by atoms with van der Waals surface area (Å²) in [4.78, 5) is 23.3. The molecule has 0 saturated carbocycles. The van der Waals surface area contributed by atoms with Crippen molar-refractivity contribution in [3.63, 3.8) is 0 Å². The molecule has 5 rings (SSSR count). The first kappa shape index (κ1) is 25.7. The maximum atomic E-state index is 13.4. The molecule has 8 nitrogen and oxygen atoms in total. The van der Waals surface area contributed by atoms with Gasteiger partial charge in [0, 0.05) is 36.6 Å². The number of hydrogen-bond acceptors (Lipinski definition) is 6. The Kier molecular flexibility index (Phi) is 8.29. The minimum absolute atomic E-state index is 0.0167. The van der Waals surface area contributed by atoms with Crippen molar-refractivity contribution in [3.8, 4) is 11.1 Å². The lowest BCUT2D eigenvalue weighted by atomic mass is 10.0. The van der Waals surface area contributed by atoms with Crippen molar-refractivity contribution in [1.82, 2.24) is 24.6 Å². The van der Waals surface area contributed by atoms with Crippen molar-refractivity contribution in [1.29, 1.82) is 0 Å². The number of amides is 2. The van der Waals surface area contributed by atoms with Gasteiger partial charge in [-0.05, 0) is 36.3 Å². The molecule has 0 fully saturated rings. The highest BCUT2D eigenvalue weighted by atomic mass is 35.5. The van der Waals surface area contributed by atoms with Crippen molar-refractivity contribution in [3.05, 3.63) is 65.5 Å². The average Bonchev–Trinajstić information content (AvgIpc) is 3.52. The summed E-state index contributed by atoms with van der Waals surface area (Å²) >= 11 is 7.78. The second kappa shape index (κ2) is 11.6. The number of thiazole rings is 1. The summed E-state index contributed by atoms with van der Waals surface area (Å²) in [6.45, 7) is 5.36. The number of aliphatic hydroxyl groups is 1. The van der Waals surface area contributed by atoms with Gasteiger partial charge in [0.25, 0.3) is 0 Å². The molecule has 11 heteroatoms. The number of benzene rings is 1. The van der Waals surface area contributed by atoms with Crippen molar-refractivity contribution < 1.29 is 14.3 Å². The zero-order valence-corrected chi connectivity index (χ0v) is 21.5. The van der Waals surface area contributed by atoms with Gasteiger partial charge in [-0.3, -0.25) is 15.0 Å². The Bertz CT molecular complexity index is 1400. The van der Waals surface area contributed by atoms with Gasteiger partial charge < -0.3 is 10.0 Å². The van der Waals surface area contributed by atoms with Gasteiger partial charge in [-0.1, -0.05) is 42.9 Å². The molecule has 2 N–H and O–H groups in total. The molecule has 0 bridgehead atoms. The number of nitrogens with zero attached hydrogens (tertiary/aromatic N) is 5. The molecule has 0 atom stereocenters. The molecule has 188 valence electrons. The molecule has 0 unspecified atom stereocenters. The maximum Gasteiger partial charge on any atom is 0.323 e. The highest BCUT2D eigenvalue weighted by Crippen LogP contribution is 2.31. The number of pyridine rings is 1. The minimum atomic E-state index is -0.334. The largest absolute Gasteiger partial charge is 0.394 e. The summed E-state index contributed by atoms with van der Waals surface area (Å²) in [5, 5.41) is 17.0. The predicted molar refractivity (Wildman–Crippen MR) is 142 cm³/mol. The number of halogens is 2. The Morgan fingerprint density at radius 2 is 2.08 bits per heavy atom. The van der Waals surface area contributed by atoms with Crippen LogP contribution in [0.1, 0.15) is 26.0 Å². The van der Waals surface area contributed by atoms with Gasteiger partial charge in [-0.2, -0.15) is 5.10 Å². The van der Waals surface area contributed by atoms with Crippen LogP contribution < -0.4 is 5.32 Å². The first-order valence-electron chi connectivity index (χ1n) is 11.6. The third-order valence-corrected chi connectivity index (χ3v) is 6.72. The molecule has 0 radical (unpaired) electrons. The van der Waals surface area contributed by atoms with Gasteiger partial charge in [-0.25, -0.2) is 14.2 Å². The van der Waals surface area contributed by atoms with Crippen LogP contribution in [-0.4, -0.2) is 55.5 Å². The first-order valence-corrected chi connectivity index (χ1v) is 12.8. The summed E-state index contributed by atoms with van der Waals surface area (Å²) in [5.41, 5.74) is 4.03. The van der Waals surface area contributed by atoms with E-state index in [0.29, 0.717) is 52.1 Å². The van der Waals surface area contributed by atoms with Crippen molar-refractivity contribution in [2.75, 3.05) is 25.0 Å². The number of rotatable bonds is 5. The molecule has 0 saturated heterocycles. The van der Waals surface area contributed by atoms with Gasteiger partial charge in [0.2, 0.25) is 0 Å². The lowest BCUT2D eigenvalue weighted by molar-refractivity contribution is 0.217. The average molecular weight is 529 g/mol. The van der Waals surface area contributed by atoms with E-state index in [-0.39, 0.29) is 18.5 Å². The third-order valence-electron chi connectivity index (χ3n) is 5.50. The molecule has 0 aliphatic carbocycles. The Labute approximate surface area is 217 Å². The molecule has 1 aliphatic rings. The van der Waals surface area contributed by atoms with Crippen LogP contribution in [0.3, 0.4) is 0 Å². The van der Waals surface area contributed by atoms with E-state index in [0.717, 1.165) is 16.7 Å². The number of anilines is 1. The van der Waals surface area contributed by atoms with E-state index in [1.807, 2.05) is 32.2 Å². The number of carbonyl (C=O) groups is 1. The van der Waals surface area contributed by atoms with Gasteiger partial charge in [-0.15, -0.1) is 0 Å². The number of nitrogens with one attached hydrogen (secondary N) is 1. The molecule has 4 heterocycles. The second-order valence-corrected chi connectivity index (χ2v) is 9.19. The van der Waals surface area contributed by atoms with Gasteiger partial charge in [0.1, 0.15) is 5.82 Å². The Hall–Kier alpha value is -3.34. The minimum Gasteiger partial charge on any atom is -0.394 e. The molecule has 4 aromatic rings. The van der Waals surface area contributed by atoms with Gasteiger partial charge in [0.05, 0.1) is 40.3 Å². The zero-order chi connectivity index (χ0) is 25.7. The highest BCUT2D eigenvalue weighted by Gasteiger charge is 2.21. The van der Waals surface area contributed by atoms with E-state index < -0.39 is 0 Å². The normalized spacial score (nSPS) is 13.2. The van der Waals surface area contributed by atoms with Crippen LogP contribution in [0.5, 0.6) is 0 Å². The van der Waals surface area contributed by atoms with E-state index in [4.69, 9.17) is 16.7 Å². The summed E-state index contributed by atoms with van der Waals surface area (Å²) in [6, 6.07) is 5.93. The first-order chi connectivity index (χ1) is 17.5. The van der Waals surface area contributed by atoms with E-state index in [2.05, 4.69) is 20.4 Å². The van der Waals surface area contributed by atoms with Crippen molar-refractivity contribution in [2.45, 2.75) is 26.8 Å². The van der Waals surface area contributed by atoms with E-state index in [1.165, 1.54) is 23.5 Å². The quantitative estimate of drug-likeness (QED) is 0.347. The van der Waals surface area contributed by atoms with Crippen LogP contribution in [0, 0.1) is 5.82 Å². The van der Waals surface area contributed by atoms with E-state index in [9.17, 15) is 9.18 Å². The van der Waals surface area contributed by atoms with Crippen LogP contribution in [-0.2, 0) is 6.54 Å². The van der Waals surface area contributed by atoms with Crippen LogP contribution in [0.2, 0.25) is 5.02 Å². The van der Waals surface area contributed by atoms with Gasteiger partial charge in [0.15, 0.2) is 5.13 Å². The summed E-state index contributed by atoms with van der Waals surface area (Å²) in [7, 11) is 0. The predicted octanol–water partition coefficient (Wildman–Crippen LogP) is 5.69. The number of fused-ring (bicyclic) bond motifs is 1. The lowest BCUT2D eigenvalue weighted by Gasteiger charge is -2.26. The maximum absolute atomic E-state index is 13.4. The number of aromatic nitrogens is 4. The van der Waals surface area contributed by atoms with Crippen molar-refractivity contribution in [2.24, 2.45) is 0 Å². The number of carbonyl (C=O) groups excluding carboxylic acids is 1. The van der Waals surface area contributed by atoms with E-state index in [1.54, 1.807) is 28.0 Å². The third kappa shape index (κ3) is 5.72. The SMILES string of the molecule is CC.O=C(Nc1nc2ccc(F)cc2s1)N1CC=C(c2ncc(-c3cnn(CCO)c3)cc2Cl)CC1. The summed E-state index contributed by atoms with van der Waals surface area (Å²) < 4.78 is 15.7. The molecular formula is C25H26ClFN6O2S. The number of urea groups is 1. The number of aliphatic hydroxyl groups excluding tert-OH is 1. The fourth-order valence-corrected chi connectivity index (χ4v) is 4.93. The Balaban J connectivity index is 0.00000148. The fourth-order valence-electron chi connectivity index (χ4n) is 3.76. The summed E-state index contributed by atoms with van der Waals surface area (Å²) in [6.07, 6.45) is 7.85. The Morgan fingerprint density at radius 1 is 1.25 bits per heavy atom. The molecule has 0 spiro atoms. The molecular weight excluding hydrogens is 503 g/mol. The van der Waals surface area contributed by atoms with Crippen LogP contribution in [0.25, 0.3) is 26.9 Å². The smallest absolute Gasteiger partial charge is 0.323 e. The van der Waals surface area contributed by atoms with Crippen LogP contribution >= 0.6 is 22.9 Å². The standard InChI is InChI=1S/C23H20ClFN6O2S.C2H6/c24-18-9-15(16-12-27-31(13-16)7-8-32)11-26-21(18)14-3-5-30(6-4-14)23(33)29-22-28-19-2-1-17(25)10-20(19)34-22;1-2/h1-3,9-13,32H,4-8H2,(H,28,29,33);1-2H3. The van der Waals surface area contributed by atoms with Gasteiger partial charge >= 0.3 is 6.03 Å². The molecule has 2 amide bonds. The Morgan fingerprint density at radius 3 is 2.81 bits per heavy atom. The topological polar surface area (TPSA) is 96.2 Å². The summed E-state index contributed by atoms with van der Waals surface area (Å²) in [5.74, 6) is -0.334. The van der Waals surface area contributed by atoms with Crippen LogP contribution in [0.4, 0.5) is 14.3 Å². The van der Waals surface area contributed by atoms with E-state index >= 15 is 0 Å². The molecule has 36 heavy (non-hydrogen) atoms. The van der Waals surface area contributed by atoms with Crippen molar-refractivity contribution >= 4 is 49.9 Å².